The maximum absolute atomic E-state index is 12.8. The SMILES string of the molecule is CC\C=C/C=C\C=C/C=C\C=C\C=C/C=C\CCCCCC(=O)OCC(COC(=O)CCCCCCCCCCCCCCC)OC(=O)CCCCC\C=C/C=C\C=C/C=C\CC. The van der Waals surface area contributed by atoms with Gasteiger partial charge in [-0.1, -0.05) is 244 Å². The van der Waals surface area contributed by atoms with E-state index in [0.717, 1.165) is 77.0 Å². The van der Waals surface area contributed by atoms with Crippen LogP contribution in [0.25, 0.3) is 0 Å². The molecule has 0 aromatic heterocycles. The Kier molecular flexibility index (Phi) is 46.7. The summed E-state index contributed by atoms with van der Waals surface area (Å²) in [6, 6.07) is 0. The molecule has 0 aromatic rings. The number of unbranched alkanes of at least 4 members (excludes halogenated alkanes) is 18. The lowest BCUT2D eigenvalue weighted by Crippen LogP contribution is -2.30. The van der Waals surface area contributed by atoms with Crippen molar-refractivity contribution in [3.05, 3.63) is 134 Å². The molecule has 0 radical (unpaired) electrons. The average molecular weight is 869 g/mol. The smallest absolute Gasteiger partial charge is 0.306 e. The number of carbonyl (C=O) groups is 3. The summed E-state index contributed by atoms with van der Waals surface area (Å²) in [5.41, 5.74) is 0. The Balaban J connectivity index is 4.56. The molecule has 0 aliphatic carbocycles. The highest BCUT2D eigenvalue weighted by atomic mass is 16.6. The first-order chi connectivity index (χ1) is 31.0. The van der Waals surface area contributed by atoms with Crippen LogP contribution in [0.15, 0.2) is 134 Å². The first-order valence-corrected chi connectivity index (χ1v) is 24.8. The van der Waals surface area contributed by atoms with Gasteiger partial charge in [-0.3, -0.25) is 14.4 Å². The summed E-state index contributed by atoms with van der Waals surface area (Å²) >= 11 is 0. The van der Waals surface area contributed by atoms with Gasteiger partial charge in [0.1, 0.15) is 13.2 Å². The summed E-state index contributed by atoms with van der Waals surface area (Å²) in [4.78, 5) is 37.9. The number of hydrogen-bond acceptors (Lipinski definition) is 6. The summed E-state index contributed by atoms with van der Waals surface area (Å²) in [5.74, 6) is -1.01. The van der Waals surface area contributed by atoms with Gasteiger partial charge in [-0.2, -0.15) is 0 Å². The van der Waals surface area contributed by atoms with Crippen LogP contribution >= 0.6 is 0 Å². The molecule has 63 heavy (non-hydrogen) atoms. The standard InChI is InChI=1S/C57H88O6/c1-4-7-10-13-16-19-22-25-26-27-28-29-30-33-35-38-41-44-47-50-56(59)62-53-54(63-57(60)51-48-45-42-39-36-32-24-21-18-15-12-9-6-3)52-61-55(58)49-46-43-40-37-34-31-23-20-17-14-11-8-5-2/h7,9-10,12-13,15-16,18-19,21-22,24-30,32-33,35-36,54H,4-6,8,11,14,17,20,23,31,34,37-53H2,1-3H3/b10-7-,12-9-,16-13-,18-15-,22-19-,24-21-,26-25-,28-27+,30-29-,35-33-,36-32-. The van der Waals surface area contributed by atoms with Crippen molar-refractivity contribution in [3.63, 3.8) is 0 Å². The van der Waals surface area contributed by atoms with Crippen molar-refractivity contribution in [1.29, 1.82) is 0 Å². The molecule has 6 heteroatoms. The third-order valence-corrected chi connectivity index (χ3v) is 9.94. The second-order valence-electron chi connectivity index (χ2n) is 15.9. The Morgan fingerprint density at radius 3 is 0.968 bits per heavy atom. The molecule has 0 rings (SSSR count). The number of esters is 3. The number of hydrogen-bond donors (Lipinski definition) is 0. The predicted molar refractivity (Wildman–Crippen MR) is 269 cm³/mol. The second kappa shape index (κ2) is 50.2. The Morgan fingerprint density at radius 1 is 0.333 bits per heavy atom. The van der Waals surface area contributed by atoms with E-state index in [-0.39, 0.29) is 37.5 Å². The van der Waals surface area contributed by atoms with Crippen molar-refractivity contribution < 1.29 is 28.6 Å². The molecular formula is C57H88O6. The van der Waals surface area contributed by atoms with Gasteiger partial charge in [-0.05, 0) is 57.8 Å². The molecule has 6 nitrogen and oxygen atoms in total. The van der Waals surface area contributed by atoms with Crippen molar-refractivity contribution in [2.75, 3.05) is 13.2 Å². The van der Waals surface area contributed by atoms with E-state index < -0.39 is 6.10 Å². The average Bonchev–Trinajstić information content (AvgIpc) is 3.28. The van der Waals surface area contributed by atoms with Crippen molar-refractivity contribution in [3.8, 4) is 0 Å². The number of allylic oxidation sites excluding steroid dienone is 22. The van der Waals surface area contributed by atoms with Crippen molar-refractivity contribution in [2.24, 2.45) is 0 Å². The molecule has 0 aliphatic rings. The van der Waals surface area contributed by atoms with Crippen molar-refractivity contribution in [1.82, 2.24) is 0 Å². The van der Waals surface area contributed by atoms with Crippen molar-refractivity contribution in [2.45, 2.75) is 194 Å². The van der Waals surface area contributed by atoms with Crippen LogP contribution in [0.1, 0.15) is 188 Å². The van der Waals surface area contributed by atoms with E-state index >= 15 is 0 Å². The van der Waals surface area contributed by atoms with Gasteiger partial charge in [0, 0.05) is 19.3 Å². The Morgan fingerprint density at radius 2 is 0.619 bits per heavy atom. The van der Waals surface area contributed by atoms with E-state index in [1.54, 1.807) is 0 Å². The molecule has 0 aliphatic heterocycles. The highest BCUT2D eigenvalue weighted by molar-refractivity contribution is 5.71. The molecule has 0 saturated heterocycles. The van der Waals surface area contributed by atoms with E-state index in [2.05, 4.69) is 45.1 Å². The molecule has 0 amide bonds. The number of ether oxygens (including phenoxy) is 3. The van der Waals surface area contributed by atoms with Gasteiger partial charge in [-0.25, -0.2) is 0 Å². The van der Waals surface area contributed by atoms with E-state index in [1.165, 1.54) is 64.2 Å². The highest BCUT2D eigenvalue weighted by Gasteiger charge is 2.19. The predicted octanol–water partition coefficient (Wildman–Crippen LogP) is 16.3. The van der Waals surface area contributed by atoms with Gasteiger partial charge < -0.3 is 14.2 Å². The molecule has 0 fully saturated rings. The molecule has 0 heterocycles. The van der Waals surface area contributed by atoms with Crippen LogP contribution in [0.4, 0.5) is 0 Å². The van der Waals surface area contributed by atoms with Gasteiger partial charge in [0.25, 0.3) is 0 Å². The Bertz CT molecular complexity index is 1420. The molecule has 1 unspecified atom stereocenters. The minimum atomic E-state index is -0.820. The molecule has 352 valence electrons. The lowest BCUT2D eigenvalue weighted by atomic mass is 10.0. The lowest BCUT2D eigenvalue weighted by Gasteiger charge is -2.18. The van der Waals surface area contributed by atoms with Gasteiger partial charge in [-0.15, -0.1) is 0 Å². The van der Waals surface area contributed by atoms with Crippen molar-refractivity contribution >= 4 is 17.9 Å². The highest BCUT2D eigenvalue weighted by Crippen LogP contribution is 2.14. The van der Waals surface area contributed by atoms with Gasteiger partial charge >= 0.3 is 17.9 Å². The quantitative estimate of drug-likeness (QED) is 0.0263. The zero-order valence-electron chi connectivity index (χ0n) is 40.0. The van der Waals surface area contributed by atoms with E-state index in [4.69, 9.17) is 14.2 Å². The molecule has 1 atom stereocenters. The fourth-order valence-corrected chi connectivity index (χ4v) is 6.26. The van der Waals surface area contributed by atoms with Crippen LogP contribution < -0.4 is 0 Å². The van der Waals surface area contributed by atoms with Crippen LogP contribution in [0.5, 0.6) is 0 Å². The zero-order chi connectivity index (χ0) is 45.8. The molecule has 0 spiro atoms. The third-order valence-electron chi connectivity index (χ3n) is 9.94. The zero-order valence-corrected chi connectivity index (χ0v) is 40.0. The summed E-state index contributed by atoms with van der Waals surface area (Å²) in [5, 5.41) is 0. The second-order valence-corrected chi connectivity index (χ2v) is 15.9. The van der Waals surface area contributed by atoms with E-state index in [9.17, 15) is 14.4 Å². The maximum atomic E-state index is 12.8. The summed E-state index contributed by atoms with van der Waals surface area (Å²) < 4.78 is 16.7. The third kappa shape index (κ3) is 48.4. The van der Waals surface area contributed by atoms with Gasteiger partial charge in [0.15, 0.2) is 6.10 Å². The summed E-state index contributed by atoms with van der Waals surface area (Å²) in [6.45, 7) is 6.25. The molecule has 0 bridgehead atoms. The van der Waals surface area contributed by atoms with E-state index in [0.29, 0.717) is 19.3 Å². The monoisotopic (exact) mass is 869 g/mol. The lowest BCUT2D eigenvalue weighted by molar-refractivity contribution is -0.167. The fourth-order valence-electron chi connectivity index (χ4n) is 6.26. The fraction of sp³-hybridized carbons (Fsp3) is 0.561. The van der Waals surface area contributed by atoms with Gasteiger partial charge in [0.2, 0.25) is 0 Å². The number of rotatable bonds is 42. The minimum Gasteiger partial charge on any atom is -0.462 e. The molecule has 0 aromatic carbocycles. The topological polar surface area (TPSA) is 78.9 Å². The minimum absolute atomic E-state index is 0.113. The Hall–Kier alpha value is -4.45. The maximum Gasteiger partial charge on any atom is 0.306 e. The summed E-state index contributed by atoms with van der Waals surface area (Å²) in [6.07, 6.45) is 70.0. The molecule has 0 N–H and O–H groups in total. The first-order valence-electron chi connectivity index (χ1n) is 24.8. The molecule has 0 saturated carbocycles. The summed E-state index contributed by atoms with van der Waals surface area (Å²) in [7, 11) is 0. The van der Waals surface area contributed by atoms with E-state index in [1.807, 2.05) is 109 Å². The largest absolute Gasteiger partial charge is 0.462 e. The van der Waals surface area contributed by atoms with Crippen LogP contribution in [-0.4, -0.2) is 37.2 Å². The number of carbonyl (C=O) groups excluding carboxylic acids is 3. The van der Waals surface area contributed by atoms with Crippen LogP contribution in [0.3, 0.4) is 0 Å². The Labute approximate surface area is 385 Å². The van der Waals surface area contributed by atoms with Crippen LogP contribution in [0.2, 0.25) is 0 Å². The molecular weight excluding hydrogens is 781 g/mol. The van der Waals surface area contributed by atoms with Crippen LogP contribution in [-0.2, 0) is 28.6 Å². The normalized spacial score (nSPS) is 13.3. The van der Waals surface area contributed by atoms with Crippen LogP contribution in [0, 0.1) is 0 Å². The van der Waals surface area contributed by atoms with Gasteiger partial charge in [0.05, 0.1) is 0 Å². The first kappa shape index (κ1) is 58.6.